The fourth-order valence-corrected chi connectivity index (χ4v) is 2.77. The summed E-state index contributed by atoms with van der Waals surface area (Å²) in [6.07, 6.45) is 5.65. The van der Waals surface area contributed by atoms with Crippen LogP contribution >= 0.6 is 0 Å². The molecule has 0 heterocycles. The Bertz CT molecular complexity index is 491. The molecule has 2 rings (SSSR count). The Labute approximate surface area is 129 Å². The number of halogens is 2. The second-order valence-corrected chi connectivity index (χ2v) is 5.59. The van der Waals surface area contributed by atoms with E-state index in [0.29, 0.717) is 6.04 Å². The molecule has 122 valence electrons. The maximum Gasteiger partial charge on any atom is 0.387 e. The smallest absolute Gasteiger partial charge is 0.387 e. The lowest BCUT2D eigenvalue weighted by Gasteiger charge is -2.31. The molecule has 0 spiro atoms. The predicted molar refractivity (Wildman–Crippen MR) is 79.9 cm³/mol. The Hall–Kier alpha value is -1.85. The van der Waals surface area contributed by atoms with Crippen LogP contribution in [-0.4, -0.2) is 30.6 Å². The number of rotatable bonds is 5. The zero-order valence-corrected chi connectivity index (χ0v) is 12.7. The Morgan fingerprint density at radius 2 is 2.09 bits per heavy atom. The molecule has 0 saturated heterocycles. The number of ether oxygens (including phenoxy) is 1. The molecular weight excluding hydrogens is 290 g/mol. The van der Waals surface area contributed by atoms with E-state index < -0.39 is 6.61 Å². The van der Waals surface area contributed by atoms with Crippen molar-refractivity contribution < 1.29 is 18.3 Å². The highest BCUT2D eigenvalue weighted by Gasteiger charge is 2.21. The molecule has 1 aromatic rings. The fourth-order valence-electron chi connectivity index (χ4n) is 2.77. The molecule has 0 bridgehead atoms. The van der Waals surface area contributed by atoms with Crippen molar-refractivity contribution in [1.29, 1.82) is 0 Å². The van der Waals surface area contributed by atoms with E-state index in [9.17, 15) is 13.6 Å². The largest absolute Gasteiger partial charge is 0.435 e. The number of hydrogen-bond acceptors (Lipinski definition) is 2. The normalized spacial score (nSPS) is 15.6. The number of alkyl halides is 2. The van der Waals surface area contributed by atoms with Gasteiger partial charge in [0, 0.05) is 19.6 Å². The van der Waals surface area contributed by atoms with Gasteiger partial charge in [-0.15, -0.1) is 0 Å². The average molecular weight is 312 g/mol. The van der Waals surface area contributed by atoms with Gasteiger partial charge in [0.15, 0.2) is 0 Å². The molecule has 0 aromatic heterocycles. The summed E-state index contributed by atoms with van der Waals surface area (Å²) < 4.78 is 28.7. The topological polar surface area (TPSA) is 41.6 Å². The van der Waals surface area contributed by atoms with E-state index in [1.807, 2.05) is 7.05 Å². The summed E-state index contributed by atoms with van der Waals surface area (Å²) in [5, 5.41) is 2.82. The van der Waals surface area contributed by atoms with Crippen LogP contribution in [0.1, 0.15) is 37.7 Å². The SMILES string of the molecule is CN(C(=O)NCc1cccc(OC(F)F)c1)C1CCCCC1. The van der Waals surface area contributed by atoms with Crippen molar-refractivity contribution in [3.8, 4) is 5.75 Å². The van der Waals surface area contributed by atoms with Crippen LogP contribution in [0, 0.1) is 0 Å². The molecular formula is C16H22F2N2O2. The number of benzene rings is 1. The monoisotopic (exact) mass is 312 g/mol. The van der Waals surface area contributed by atoms with Gasteiger partial charge in [0.1, 0.15) is 5.75 Å². The van der Waals surface area contributed by atoms with E-state index in [1.165, 1.54) is 18.6 Å². The molecule has 1 aromatic carbocycles. The van der Waals surface area contributed by atoms with Crippen molar-refractivity contribution in [3.05, 3.63) is 29.8 Å². The number of hydrogen-bond donors (Lipinski definition) is 1. The first-order valence-electron chi connectivity index (χ1n) is 7.60. The number of nitrogens with one attached hydrogen (secondary N) is 1. The number of amides is 2. The van der Waals surface area contributed by atoms with E-state index in [4.69, 9.17) is 0 Å². The third kappa shape index (κ3) is 4.86. The molecule has 2 amide bonds. The molecule has 0 radical (unpaired) electrons. The fraction of sp³-hybridized carbons (Fsp3) is 0.562. The maximum atomic E-state index is 12.2. The van der Waals surface area contributed by atoms with Crippen molar-refractivity contribution in [3.63, 3.8) is 0 Å². The molecule has 1 fully saturated rings. The molecule has 4 nitrogen and oxygen atoms in total. The van der Waals surface area contributed by atoms with E-state index in [-0.39, 0.29) is 18.3 Å². The Morgan fingerprint density at radius 3 is 2.77 bits per heavy atom. The zero-order valence-electron chi connectivity index (χ0n) is 12.7. The van der Waals surface area contributed by atoms with Crippen LogP contribution in [0.5, 0.6) is 5.75 Å². The summed E-state index contributed by atoms with van der Waals surface area (Å²) in [7, 11) is 1.81. The lowest BCUT2D eigenvalue weighted by Crippen LogP contribution is -2.44. The quantitative estimate of drug-likeness (QED) is 0.899. The van der Waals surface area contributed by atoms with Crippen LogP contribution in [-0.2, 0) is 6.54 Å². The van der Waals surface area contributed by atoms with Gasteiger partial charge < -0.3 is 15.0 Å². The zero-order chi connectivity index (χ0) is 15.9. The van der Waals surface area contributed by atoms with Crippen LogP contribution < -0.4 is 10.1 Å². The van der Waals surface area contributed by atoms with Crippen molar-refractivity contribution in [1.82, 2.24) is 10.2 Å². The third-order valence-electron chi connectivity index (χ3n) is 4.01. The number of carbonyl (C=O) groups excluding carboxylic acids is 1. The van der Waals surface area contributed by atoms with Gasteiger partial charge in [-0.2, -0.15) is 8.78 Å². The maximum absolute atomic E-state index is 12.2. The molecule has 22 heavy (non-hydrogen) atoms. The highest BCUT2D eigenvalue weighted by atomic mass is 19.3. The highest BCUT2D eigenvalue weighted by molar-refractivity contribution is 5.74. The minimum atomic E-state index is -2.85. The molecule has 1 N–H and O–H groups in total. The Balaban J connectivity index is 1.85. The van der Waals surface area contributed by atoms with Gasteiger partial charge in [0.05, 0.1) is 0 Å². The van der Waals surface area contributed by atoms with Crippen molar-refractivity contribution in [2.75, 3.05) is 7.05 Å². The van der Waals surface area contributed by atoms with Gasteiger partial charge in [-0.25, -0.2) is 4.79 Å². The van der Waals surface area contributed by atoms with Gasteiger partial charge in [-0.1, -0.05) is 31.4 Å². The summed E-state index contributed by atoms with van der Waals surface area (Å²) in [6.45, 7) is -2.56. The van der Waals surface area contributed by atoms with E-state index in [1.54, 1.807) is 17.0 Å². The molecule has 1 aliphatic carbocycles. The highest BCUT2D eigenvalue weighted by Crippen LogP contribution is 2.21. The third-order valence-corrected chi connectivity index (χ3v) is 4.01. The number of nitrogens with zero attached hydrogens (tertiary/aromatic N) is 1. The van der Waals surface area contributed by atoms with Crippen molar-refractivity contribution in [2.45, 2.75) is 51.3 Å². The number of urea groups is 1. The second-order valence-electron chi connectivity index (χ2n) is 5.59. The summed E-state index contributed by atoms with van der Waals surface area (Å²) in [5.41, 5.74) is 0.726. The lowest BCUT2D eigenvalue weighted by molar-refractivity contribution is -0.0498. The van der Waals surface area contributed by atoms with Crippen LogP contribution in [0.3, 0.4) is 0 Å². The number of carbonyl (C=O) groups is 1. The second kappa shape index (κ2) is 7.96. The minimum Gasteiger partial charge on any atom is -0.435 e. The van der Waals surface area contributed by atoms with Gasteiger partial charge in [0.25, 0.3) is 0 Å². The molecule has 1 aliphatic rings. The van der Waals surface area contributed by atoms with E-state index in [0.717, 1.165) is 31.2 Å². The summed E-state index contributed by atoms with van der Waals surface area (Å²) >= 11 is 0. The van der Waals surface area contributed by atoms with Gasteiger partial charge in [-0.05, 0) is 30.5 Å². The van der Waals surface area contributed by atoms with E-state index in [2.05, 4.69) is 10.1 Å². The molecule has 0 atom stereocenters. The molecule has 0 aliphatic heterocycles. The van der Waals surface area contributed by atoms with Crippen LogP contribution in [0.2, 0.25) is 0 Å². The Morgan fingerprint density at radius 1 is 1.36 bits per heavy atom. The van der Waals surface area contributed by atoms with Crippen LogP contribution in [0.4, 0.5) is 13.6 Å². The van der Waals surface area contributed by atoms with Crippen LogP contribution in [0.15, 0.2) is 24.3 Å². The molecule has 0 unspecified atom stereocenters. The van der Waals surface area contributed by atoms with Crippen molar-refractivity contribution in [2.24, 2.45) is 0 Å². The van der Waals surface area contributed by atoms with Gasteiger partial charge in [0.2, 0.25) is 0 Å². The first-order valence-corrected chi connectivity index (χ1v) is 7.60. The molecule has 1 saturated carbocycles. The van der Waals surface area contributed by atoms with Gasteiger partial charge in [-0.3, -0.25) is 0 Å². The van der Waals surface area contributed by atoms with Gasteiger partial charge >= 0.3 is 12.6 Å². The summed E-state index contributed by atoms with van der Waals surface area (Å²) in [4.78, 5) is 13.9. The van der Waals surface area contributed by atoms with E-state index >= 15 is 0 Å². The lowest BCUT2D eigenvalue weighted by atomic mass is 9.95. The molecule has 6 heteroatoms. The predicted octanol–water partition coefficient (Wildman–Crippen LogP) is 3.76. The first-order chi connectivity index (χ1) is 10.6. The standard InChI is InChI=1S/C16H22F2N2O2/c1-20(13-7-3-2-4-8-13)16(21)19-11-12-6-5-9-14(10-12)22-15(17)18/h5-6,9-10,13,15H,2-4,7-8,11H2,1H3,(H,19,21). The Kier molecular flexibility index (Phi) is 5.98. The average Bonchev–Trinajstić information content (AvgIpc) is 2.52. The summed E-state index contributed by atoms with van der Waals surface area (Å²) in [5.74, 6) is 0.0994. The van der Waals surface area contributed by atoms with Crippen molar-refractivity contribution >= 4 is 6.03 Å². The first kappa shape index (κ1) is 16.5. The minimum absolute atomic E-state index is 0.0994. The van der Waals surface area contributed by atoms with Crippen LogP contribution in [0.25, 0.3) is 0 Å². The summed E-state index contributed by atoms with van der Waals surface area (Å²) in [6, 6.07) is 6.52.